The molecule has 20 heavy (non-hydrogen) atoms. The van der Waals surface area contributed by atoms with Crippen molar-refractivity contribution in [3.63, 3.8) is 0 Å². The summed E-state index contributed by atoms with van der Waals surface area (Å²) in [5.41, 5.74) is 6.48. The van der Waals surface area contributed by atoms with E-state index >= 15 is 0 Å². The molecule has 2 rings (SSSR count). The molecule has 1 fully saturated rings. The van der Waals surface area contributed by atoms with Gasteiger partial charge in [-0.2, -0.15) is 0 Å². The fraction of sp³-hybridized carbons (Fsp3) is 0.500. The van der Waals surface area contributed by atoms with Crippen molar-refractivity contribution in [2.45, 2.75) is 25.8 Å². The molecular formula is C14H19BrCl2N2O. The largest absolute Gasteiger partial charge is 0.339 e. The quantitative estimate of drug-likeness (QED) is 0.848. The van der Waals surface area contributed by atoms with E-state index in [1.165, 1.54) is 0 Å². The molecule has 1 unspecified atom stereocenters. The van der Waals surface area contributed by atoms with Gasteiger partial charge in [-0.25, -0.2) is 0 Å². The Hall–Kier alpha value is -0.290. The van der Waals surface area contributed by atoms with Crippen molar-refractivity contribution in [2.24, 2.45) is 11.7 Å². The Kier molecular flexibility index (Phi) is 6.79. The molecular weight excluding hydrogens is 363 g/mol. The van der Waals surface area contributed by atoms with Crippen molar-refractivity contribution in [3.8, 4) is 0 Å². The zero-order valence-corrected chi connectivity index (χ0v) is 14.5. The van der Waals surface area contributed by atoms with Crippen LogP contribution in [0, 0.1) is 5.92 Å². The predicted molar refractivity (Wildman–Crippen MR) is 88.7 cm³/mol. The Labute approximate surface area is 139 Å². The smallest absolute Gasteiger partial charge is 0.255 e. The number of amides is 1. The number of nitrogens with two attached hydrogens (primary N) is 1. The lowest BCUT2D eigenvalue weighted by atomic mass is 9.90. The number of likely N-dealkylation sites (tertiary alicyclic amines) is 1. The number of piperidine rings is 1. The van der Waals surface area contributed by atoms with Crippen LogP contribution in [0.25, 0.3) is 0 Å². The molecule has 1 amide bonds. The van der Waals surface area contributed by atoms with Crippen molar-refractivity contribution >= 4 is 45.8 Å². The standard InChI is InChI=1S/C14H18BrClN2O.ClH/c1-9(17)10-4-6-18(7-5-10)14(19)12-3-2-11(15)8-13(12)16;/h2-3,8-10H,4-7,17H2,1H3;1H. The molecule has 6 heteroatoms. The molecule has 0 radical (unpaired) electrons. The number of hydrogen-bond acceptors (Lipinski definition) is 2. The summed E-state index contributed by atoms with van der Waals surface area (Å²) in [4.78, 5) is 14.3. The SMILES string of the molecule is CC(N)C1CCN(C(=O)c2ccc(Br)cc2Cl)CC1.Cl. The van der Waals surface area contributed by atoms with Crippen LogP contribution in [-0.2, 0) is 0 Å². The summed E-state index contributed by atoms with van der Waals surface area (Å²) >= 11 is 9.47. The van der Waals surface area contributed by atoms with Gasteiger partial charge < -0.3 is 10.6 Å². The van der Waals surface area contributed by atoms with Crippen LogP contribution in [0.3, 0.4) is 0 Å². The van der Waals surface area contributed by atoms with Crippen molar-refractivity contribution in [1.82, 2.24) is 4.90 Å². The number of benzene rings is 1. The van der Waals surface area contributed by atoms with Crippen LogP contribution in [0.2, 0.25) is 5.02 Å². The van der Waals surface area contributed by atoms with Crippen LogP contribution in [0.5, 0.6) is 0 Å². The summed E-state index contributed by atoms with van der Waals surface area (Å²) in [6.07, 6.45) is 1.94. The minimum absolute atomic E-state index is 0. The van der Waals surface area contributed by atoms with E-state index in [9.17, 15) is 4.79 Å². The monoisotopic (exact) mass is 380 g/mol. The van der Waals surface area contributed by atoms with Gasteiger partial charge in [0.1, 0.15) is 0 Å². The minimum Gasteiger partial charge on any atom is -0.339 e. The molecule has 1 aliphatic heterocycles. The van der Waals surface area contributed by atoms with Gasteiger partial charge in [0, 0.05) is 23.6 Å². The van der Waals surface area contributed by atoms with Crippen molar-refractivity contribution in [1.29, 1.82) is 0 Å². The minimum atomic E-state index is 0. The molecule has 1 atom stereocenters. The predicted octanol–water partition coefficient (Wildman–Crippen LogP) is 3.72. The molecule has 0 aliphatic carbocycles. The highest BCUT2D eigenvalue weighted by molar-refractivity contribution is 9.10. The third-order valence-electron chi connectivity index (χ3n) is 3.73. The van der Waals surface area contributed by atoms with Gasteiger partial charge in [0.25, 0.3) is 5.91 Å². The van der Waals surface area contributed by atoms with Gasteiger partial charge in [-0.05, 0) is 43.9 Å². The Morgan fingerprint density at radius 2 is 2.05 bits per heavy atom. The van der Waals surface area contributed by atoms with Crippen LogP contribution in [0.4, 0.5) is 0 Å². The third-order valence-corrected chi connectivity index (χ3v) is 4.54. The highest BCUT2D eigenvalue weighted by Gasteiger charge is 2.26. The van der Waals surface area contributed by atoms with E-state index in [1.54, 1.807) is 12.1 Å². The average molecular weight is 382 g/mol. The molecule has 0 saturated carbocycles. The molecule has 1 heterocycles. The first-order valence-corrected chi connectivity index (χ1v) is 7.66. The fourth-order valence-electron chi connectivity index (χ4n) is 2.46. The molecule has 1 aromatic carbocycles. The second-order valence-corrected chi connectivity index (χ2v) is 6.44. The molecule has 112 valence electrons. The van der Waals surface area contributed by atoms with Gasteiger partial charge >= 0.3 is 0 Å². The maximum absolute atomic E-state index is 12.4. The van der Waals surface area contributed by atoms with E-state index in [0.29, 0.717) is 16.5 Å². The number of carbonyl (C=O) groups is 1. The lowest BCUT2D eigenvalue weighted by Gasteiger charge is -2.33. The molecule has 1 aliphatic rings. The Balaban J connectivity index is 0.00000200. The number of rotatable bonds is 2. The van der Waals surface area contributed by atoms with Gasteiger partial charge in [-0.3, -0.25) is 4.79 Å². The number of hydrogen-bond donors (Lipinski definition) is 1. The van der Waals surface area contributed by atoms with Gasteiger partial charge in [-0.1, -0.05) is 27.5 Å². The lowest BCUT2D eigenvalue weighted by molar-refractivity contribution is 0.0681. The van der Waals surface area contributed by atoms with Gasteiger partial charge in [0.15, 0.2) is 0 Å². The molecule has 1 aromatic rings. The highest BCUT2D eigenvalue weighted by atomic mass is 79.9. The van der Waals surface area contributed by atoms with E-state index in [1.807, 2.05) is 17.9 Å². The first kappa shape index (κ1) is 17.8. The zero-order chi connectivity index (χ0) is 14.0. The number of nitrogens with zero attached hydrogens (tertiary/aromatic N) is 1. The van der Waals surface area contributed by atoms with E-state index in [-0.39, 0.29) is 24.4 Å². The molecule has 0 spiro atoms. The second-order valence-electron chi connectivity index (χ2n) is 5.11. The molecule has 2 N–H and O–H groups in total. The maximum atomic E-state index is 12.4. The van der Waals surface area contributed by atoms with E-state index < -0.39 is 0 Å². The van der Waals surface area contributed by atoms with Crippen molar-refractivity contribution in [3.05, 3.63) is 33.3 Å². The Morgan fingerprint density at radius 1 is 1.45 bits per heavy atom. The topological polar surface area (TPSA) is 46.3 Å². The Bertz CT molecular complexity index is 474. The maximum Gasteiger partial charge on any atom is 0.255 e. The summed E-state index contributed by atoms with van der Waals surface area (Å²) in [6, 6.07) is 5.57. The number of carbonyl (C=O) groups excluding carboxylic acids is 1. The summed E-state index contributed by atoms with van der Waals surface area (Å²) in [5.74, 6) is 0.532. The summed E-state index contributed by atoms with van der Waals surface area (Å²) in [6.45, 7) is 3.56. The fourth-order valence-corrected chi connectivity index (χ4v) is 3.22. The van der Waals surface area contributed by atoms with Crippen molar-refractivity contribution in [2.75, 3.05) is 13.1 Å². The second kappa shape index (κ2) is 7.64. The Morgan fingerprint density at radius 3 is 2.55 bits per heavy atom. The summed E-state index contributed by atoms with van der Waals surface area (Å²) in [7, 11) is 0. The van der Waals surface area contributed by atoms with Crippen LogP contribution in [-0.4, -0.2) is 29.9 Å². The van der Waals surface area contributed by atoms with Crippen molar-refractivity contribution < 1.29 is 4.79 Å². The first-order valence-electron chi connectivity index (χ1n) is 6.49. The zero-order valence-electron chi connectivity index (χ0n) is 11.3. The van der Waals surface area contributed by atoms with Crippen LogP contribution < -0.4 is 5.73 Å². The summed E-state index contributed by atoms with van der Waals surface area (Å²) in [5, 5.41) is 0.494. The summed E-state index contributed by atoms with van der Waals surface area (Å²) < 4.78 is 0.879. The van der Waals surface area contributed by atoms with Crippen LogP contribution in [0.1, 0.15) is 30.1 Å². The van der Waals surface area contributed by atoms with Gasteiger partial charge in [0.2, 0.25) is 0 Å². The van der Waals surface area contributed by atoms with E-state index in [4.69, 9.17) is 17.3 Å². The van der Waals surface area contributed by atoms with E-state index in [2.05, 4.69) is 15.9 Å². The normalized spacial score (nSPS) is 17.5. The number of halogens is 3. The van der Waals surface area contributed by atoms with E-state index in [0.717, 1.165) is 30.4 Å². The average Bonchev–Trinajstić information content (AvgIpc) is 2.38. The highest BCUT2D eigenvalue weighted by Crippen LogP contribution is 2.25. The molecule has 0 bridgehead atoms. The lowest BCUT2D eigenvalue weighted by Crippen LogP contribution is -2.42. The van der Waals surface area contributed by atoms with Gasteiger partial charge in [0.05, 0.1) is 10.6 Å². The first-order chi connectivity index (χ1) is 8.99. The molecule has 0 aromatic heterocycles. The molecule has 3 nitrogen and oxygen atoms in total. The van der Waals surface area contributed by atoms with Crippen LogP contribution >= 0.6 is 39.9 Å². The molecule has 1 saturated heterocycles. The van der Waals surface area contributed by atoms with Gasteiger partial charge in [-0.15, -0.1) is 12.4 Å². The third kappa shape index (κ3) is 4.10. The van der Waals surface area contributed by atoms with Crippen LogP contribution in [0.15, 0.2) is 22.7 Å².